The molecule has 51 heavy (non-hydrogen) atoms. The van der Waals surface area contributed by atoms with Gasteiger partial charge in [0.2, 0.25) is 0 Å². The van der Waals surface area contributed by atoms with E-state index in [4.69, 9.17) is 0 Å². The molecule has 0 heterocycles. The minimum Gasteiger partial charge on any atom is -0.744 e. The fraction of sp³-hybridized carbons (Fsp3) is 0.524. The third-order valence-corrected chi connectivity index (χ3v) is 11.5. The summed E-state index contributed by atoms with van der Waals surface area (Å²) in [5.41, 5.74) is 1.33. The number of benzene rings is 4. The van der Waals surface area contributed by atoms with Gasteiger partial charge in [0.25, 0.3) is 0 Å². The SMILES string of the molecule is CCCCCCCCCCCc1ccc2ccccc2c1S(=O)(=O)[O-].CCCCCCCCCCCc1ccc2ccccc2c1S(=O)(=O)[O-].[Mg+2]. The Balaban J connectivity index is 0.000000347. The maximum Gasteiger partial charge on any atom is 2.00 e. The molecule has 0 fully saturated rings. The molecular weight excluding hydrogens is 689 g/mol. The van der Waals surface area contributed by atoms with Gasteiger partial charge >= 0.3 is 23.1 Å². The van der Waals surface area contributed by atoms with E-state index in [0.717, 1.165) is 36.5 Å². The Morgan fingerprint density at radius 1 is 0.412 bits per heavy atom. The van der Waals surface area contributed by atoms with Gasteiger partial charge in [-0.25, -0.2) is 16.8 Å². The largest absolute Gasteiger partial charge is 2.00 e. The van der Waals surface area contributed by atoms with Crippen LogP contribution in [0.5, 0.6) is 0 Å². The molecule has 0 amide bonds. The fourth-order valence-electron chi connectivity index (χ4n) is 6.81. The van der Waals surface area contributed by atoms with Crippen LogP contribution >= 0.6 is 0 Å². The molecule has 6 nitrogen and oxygen atoms in total. The van der Waals surface area contributed by atoms with Crippen molar-refractivity contribution in [1.29, 1.82) is 0 Å². The Morgan fingerprint density at radius 2 is 0.706 bits per heavy atom. The molecule has 9 heteroatoms. The molecule has 0 radical (unpaired) electrons. The second-order valence-electron chi connectivity index (χ2n) is 13.6. The molecule has 0 N–H and O–H groups in total. The Morgan fingerprint density at radius 3 is 1.02 bits per heavy atom. The van der Waals surface area contributed by atoms with E-state index in [1.54, 1.807) is 36.4 Å². The Kier molecular flexibility index (Phi) is 21.5. The molecule has 0 bridgehead atoms. The van der Waals surface area contributed by atoms with Crippen molar-refractivity contribution in [3.05, 3.63) is 83.9 Å². The second-order valence-corrected chi connectivity index (χ2v) is 16.2. The molecule has 4 aromatic carbocycles. The second kappa shape index (κ2) is 24.3. The van der Waals surface area contributed by atoms with Crippen LogP contribution in [-0.4, -0.2) is 49.0 Å². The van der Waals surface area contributed by atoms with E-state index < -0.39 is 20.2 Å². The van der Waals surface area contributed by atoms with E-state index in [2.05, 4.69) is 13.8 Å². The number of hydrogen-bond donors (Lipinski definition) is 0. The smallest absolute Gasteiger partial charge is 0.744 e. The van der Waals surface area contributed by atoms with Crippen LogP contribution < -0.4 is 0 Å². The normalized spacial score (nSPS) is 11.7. The van der Waals surface area contributed by atoms with E-state index in [9.17, 15) is 25.9 Å². The average Bonchev–Trinajstić information content (AvgIpc) is 3.09. The number of aryl methyl sites for hydroxylation is 2. The first kappa shape index (κ1) is 45.1. The van der Waals surface area contributed by atoms with Crippen molar-refractivity contribution in [3.8, 4) is 0 Å². The summed E-state index contributed by atoms with van der Waals surface area (Å²) in [6.45, 7) is 4.45. The molecule has 0 unspecified atom stereocenters. The minimum absolute atomic E-state index is 0. The summed E-state index contributed by atoms with van der Waals surface area (Å²) in [6, 6.07) is 21.8. The molecular formula is C42H58MgO6S2. The summed E-state index contributed by atoms with van der Waals surface area (Å²) < 4.78 is 70.6. The third-order valence-electron chi connectivity index (χ3n) is 9.52. The molecule has 4 aromatic rings. The minimum atomic E-state index is -4.47. The molecule has 0 aromatic heterocycles. The van der Waals surface area contributed by atoms with Crippen LogP contribution in [0.15, 0.2) is 82.6 Å². The summed E-state index contributed by atoms with van der Waals surface area (Å²) in [5, 5.41) is 2.69. The van der Waals surface area contributed by atoms with Gasteiger partial charge in [0.1, 0.15) is 20.2 Å². The number of unbranched alkanes of at least 4 members (excludes halogenated alkanes) is 16. The van der Waals surface area contributed by atoms with Gasteiger partial charge in [-0.15, -0.1) is 0 Å². The van der Waals surface area contributed by atoms with Crippen LogP contribution in [0.4, 0.5) is 0 Å². The van der Waals surface area contributed by atoms with Crippen molar-refractivity contribution in [1.82, 2.24) is 0 Å². The maximum absolute atomic E-state index is 11.8. The van der Waals surface area contributed by atoms with Gasteiger partial charge in [0.15, 0.2) is 0 Å². The average molecular weight is 747 g/mol. The number of fused-ring (bicyclic) bond motifs is 2. The number of rotatable bonds is 22. The maximum atomic E-state index is 11.8. The topological polar surface area (TPSA) is 114 Å². The van der Waals surface area contributed by atoms with E-state index >= 15 is 0 Å². The van der Waals surface area contributed by atoms with Gasteiger partial charge in [-0.3, -0.25) is 0 Å². The van der Waals surface area contributed by atoms with Crippen LogP contribution in [0, 0.1) is 0 Å². The predicted octanol–water partition coefficient (Wildman–Crippen LogP) is 11.3. The van der Waals surface area contributed by atoms with Crippen molar-refractivity contribution in [2.24, 2.45) is 0 Å². The van der Waals surface area contributed by atoms with Crippen LogP contribution in [-0.2, 0) is 33.1 Å². The van der Waals surface area contributed by atoms with Crippen molar-refractivity contribution in [2.45, 2.75) is 152 Å². The van der Waals surface area contributed by atoms with E-state index in [1.165, 1.54) is 89.9 Å². The summed E-state index contributed by atoms with van der Waals surface area (Å²) >= 11 is 0. The van der Waals surface area contributed by atoms with Gasteiger partial charge in [-0.2, -0.15) is 0 Å². The zero-order valence-corrected chi connectivity index (χ0v) is 34.1. The molecule has 0 saturated heterocycles. The van der Waals surface area contributed by atoms with Crippen LogP contribution in [0.3, 0.4) is 0 Å². The van der Waals surface area contributed by atoms with Gasteiger partial charge in [0, 0.05) is 0 Å². The zero-order valence-electron chi connectivity index (χ0n) is 31.0. The Labute approximate surface area is 324 Å². The monoisotopic (exact) mass is 746 g/mol. The van der Waals surface area contributed by atoms with Crippen LogP contribution in [0.1, 0.15) is 141 Å². The summed E-state index contributed by atoms with van der Waals surface area (Å²) in [5.74, 6) is 0. The molecule has 0 saturated carbocycles. The van der Waals surface area contributed by atoms with Crippen molar-refractivity contribution in [3.63, 3.8) is 0 Å². The number of hydrogen-bond acceptors (Lipinski definition) is 6. The van der Waals surface area contributed by atoms with Gasteiger partial charge < -0.3 is 9.11 Å². The van der Waals surface area contributed by atoms with E-state index in [0.29, 0.717) is 34.7 Å². The standard InChI is InChI=1S/2C21H30O3S.Mg/c2*1-2-3-4-5-6-7-8-9-10-14-19-17-16-18-13-11-12-15-20(18)21(19)25(22,23)24;/h2*11-13,15-17H,2-10,14H2,1H3,(H,22,23,24);/q;;+2/p-2. The summed E-state index contributed by atoms with van der Waals surface area (Å²) in [6.07, 6.45) is 23.2. The molecule has 0 aliphatic carbocycles. The van der Waals surface area contributed by atoms with E-state index in [1.807, 2.05) is 36.4 Å². The third kappa shape index (κ3) is 15.9. The summed E-state index contributed by atoms with van der Waals surface area (Å²) in [4.78, 5) is -0.0460. The fourth-order valence-corrected chi connectivity index (χ4v) is 8.71. The first-order valence-corrected chi connectivity index (χ1v) is 21.8. The Hall–Kier alpha value is -2.01. The Bertz CT molecular complexity index is 1670. The molecule has 276 valence electrons. The first-order chi connectivity index (χ1) is 24.1. The molecule has 0 aliphatic rings. The van der Waals surface area contributed by atoms with Gasteiger partial charge in [0.05, 0.1) is 9.79 Å². The van der Waals surface area contributed by atoms with Crippen molar-refractivity contribution in [2.75, 3.05) is 0 Å². The van der Waals surface area contributed by atoms with Crippen LogP contribution in [0.2, 0.25) is 0 Å². The molecule has 0 spiro atoms. The molecule has 4 rings (SSSR count). The molecule has 0 aliphatic heterocycles. The predicted molar refractivity (Wildman–Crippen MR) is 211 cm³/mol. The quantitative estimate of drug-likeness (QED) is 0.0449. The van der Waals surface area contributed by atoms with E-state index in [-0.39, 0.29) is 32.8 Å². The zero-order chi connectivity index (χ0) is 36.2. The van der Waals surface area contributed by atoms with Crippen molar-refractivity contribution < 1.29 is 25.9 Å². The van der Waals surface area contributed by atoms with Gasteiger partial charge in [-0.1, -0.05) is 189 Å². The van der Waals surface area contributed by atoms with Crippen molar-refractivity contribution >= 4 is 64.8 Å². The van der Waals surface area contributed by atoms with Crippen LogP contribution in [0.25, 0.3) is 21.5 Å². The molecule has 0 atom stereocenters. The summed E-state index contributed by atoms with van der Waals surface area (Å²) in [7, 11) is -8.94. The first-order valence-electron chi connectivity index (χ1n) is 19.0. The van der Waals surface area contributed by atoms with Gasteiger partial charge in [-0.05, 0) is 58.4 Å².